The Morgan fingerprint density at radius 3 is 2.37 bits per heavy atom. The summed E-state index contributed by atoms with van der Waals surface area (Å²) < 4.78 is 14.2. The third-order valence-electron chi connectivity index (χ3n) is 6.34. The van der Waals surface area contributed by atoms with Crippen LogP contribution < -0.4 is 5.46 Å². The van der Waals surface area contributed by atoms with Gasteiger partial charge in [0.1, 0.15) is 0 Å². The fourth-order valence-electron chi connectivity index (χ4n) is 3.89. The molecular weight excluding hydrogens is 345 g/mol. The van der Waals surface area contributed by atoms with Gasteiger partial charge in [0.15, 0.2) is 0 Å². The molecule has 1 aromatic heterocycles. The molecule has 2 atom stereocenters. The Morgan fingerprint density at radius 1 is 1.26 bits per heavy atom. The lowest BCUT2D eigenvalue weighted by Crippen LogP contribution is -2.51. The number of hydrogen-bond donors (Lipinski definition) is 1. The molecule has 7 nitrogen and oxygen atoms in total. The van der Waals surface area contributed by atoms with Crippen molar-refractivity contribution in [3.05, 3.63) is 12.4 Å². The van der Waals surface area contributed by atoms with Gasteiger partial charge in [-0.3, -0.25) is 4.68 Å². The fraction of sp³-hybridized carbons (Fsp3) is 0.789. The Balaban J connectivity index is 1.76. The topological polar surface area (TPSA) is 76.8 Å². The molecule has 0 aliphatic carbocycles. The van der Waals surface area contributed by atoms with Crippen LogP contribution in [-0.2, 0) is 9.31 Å². The van der Waals surface area contributed by atoms with Crippen LogP contribution in [0.25, 0.3) is 0 Å². The molecule has 1 N–H and O–H groups in total. The molecule has 8 heteroatoms. The molecule has 1 aromatic rings. The standard InChI is InChI=1S/C19H32BN3O4/c1-17(2,3)15-10-14(8-9-22(15)16(24)25)23-12-13(11-21-23)20-26-18(4,5)19(6,7)27-20/h11-12,14-15H,8-10H2,1-7H3,(H,24,25). The lowest BCUT2D eigenvalue weighted by atomic mass is 9.79. The van der Waals surface area contributed by atoms with Gasteiger partial charge >= 0.3 is 13.2 Å². The second-order valence-corrected chi connectivity index (χ2v) is 9.88. The molecule has 1 amide bonds. The summed E-state index contributed by atoms with van der Waals surface area (Å²) in [4.78, 5) is 13.2. The highest BCUT2D eigenvalue weighted by Gasteiger charge is 2.52. The molecule has 0 saturated carbocycles. The highest BCUT2D eigenvalue weighted by atomic mass is 16.7. The van der Waals surface area contributed by atoms with Crippen molar-refractivity contribution < 1.29 is 19.2 Å². The molecule has 150 valence electrons. The summed E-state index contributed by atoms with van der Waals surface area (Å²) in [5.41, 5.74) is 0.00806. The first kappa shape index (κ1) is 20.2. The predicted molar refractivity (Wildman–Crippen MR) is 104 cm³/mol. The number of piperidine rings is 1. The van der Waals surface area contributed by atoms with Crippen molar-refractivity contribution in [1.29, 1.82) is 0 Å². The van der Waals surface area contributed by atoms with Gasteiger partial charge in [0.2, 0.25) is 0 Å². The van der Waals surface area contributed by atoms with E-state index in [2.05, 4.69) is 25.9 Å². The third kappa shape index (κ3) is 3.74. The van der Waals surface area contributed by atoms with Crippen molar-refractivity contribution in [2.24, 2.45) is 5.41 Å². The van der Waals surface area contributed by atoms with Gasteiger partial charge in [-0.25, -0.2) is 4.79 Å². The molecule has 2 unspecified atom stereocenters. The highest BCUT2D eigenvalue weighted by molar-refractivity contribution is 6.62. The quantitative estimate of drug-likeness (QED) is 0.802. The van der Waals surface area contributed by atoms with Crippen molar-refractivity contribution in [1.82, 2.24) is 14.7 Å². The number of hydrogen-bond acceptors (Lipinski definition) is 4. The maximum absolute atomic E-state index is 11.6. The Hall–Kier alpha value is -1.54. The maximum atomic E-state index is 11.6. The van der Waals surface area contributed by atoms with Crippen molar-refractivity contribution >= 4 is 18.7 Å². The summed E-state index contributed by atoms with van der Waals surface area (Å²) in [6.45, 7) is 14.9. The number of amides is 1. The molecule has 0 aromatic carbocycles. The summed E-state index contributed by atoms with van der Waals surface area (Å²) in [7, 11) is -0.429. The minimum absolute atomic E-state index is 0.0433. The van der Waals surface area contributed by atoms with E-state index >= 15 is 0 Å². The van der Waals surface area contributed by atoms with Crippen molar-refractivity contribution in [2.45, 2.75) is 84.6 Å². The Morgan fingerprint density at radius 2 is 1.85 bits per heavy atom. The van der Waals surface area contributed by atoms with Crippen LogP contribution in [0.15, 0.2) is 12.4 Å². The van der Waals surface area contributed by atoms with Crippen LogP contribution in [0.2, 0.25) is 0 Å². The molecule has 0 spiro atoms. The van der Waals surface area contributed by atoms with Gasteiger partial charge < -0.3 is 19.3 Å². The zero-order valence-electron chi connectivity index (χ0n) is 17.5. The van der Waals surface area contributed by atoms with Crippen LogP contribution in [-0.4, -0.2) is 56.8 Å². The Kier molecular flexibility index (Phi) is 4.88. The highest BCUT2D eigenvalue weighted by Crippen LogP contribution is 2.38. The second-order valence-electron chi connectivity index (χ2n) is 9.88. The summed E-state index contributed by atoms with van der Waals surface area (Å²) >= 11 is 0. The number of carbonyl (C=O) groups is 1. The third-order valence-corrected chi connectivity index (χ3v) is 6.34. The van der Waals surface area contributed by atoms with E-state index in [9.17, 15) is 9.90 Å². The molecule has 0 radical (unpaired) electrons. The summed E-state index contributed by atoms with van der Waals surface area (Å²) in [6.07, 6.45) is 4.46. The molecule has 2 aliphatic heterocycles. The number of rotatable bonds is 2. The van der Waals surface area contributed by atoms with Crippen LogP contribution >= 0.6 is 0 Å². The number of likely N-dealkylation sites (tertiary alicyclic amines) is 1. The minimum Gasteiger partial charge on any atom is -0.465 e. The minimum atomic E-state index is -0.841. The van der Waals surface area contributed by atoms with Crippen LogP contribution in [0, 0.1) is 5.41 Å². The smallest absolute Gasteiger partial charge is 0.465 e. The lowest BCUT2D eigenvalue weighted by molar-refractivity contribution is 0.00578. The first-order chi connectivity index (χ1) is 12.3. The van der Waals surface area contributed by atoms with Gasteiger partial charge in [-0.1, -0.05) is 20.8 Å². The Labute approximate surface area is 162 Å². The Bertz CT molecular complexity index is 694. The zero-order chi connectivity index (χ0) is 20.2. The van der Waals surface area contributed by atoms with Gasteiger partial charge in [0.25, 0.3) is 0 Å². The first-order valence-electron chi connectivity index (χ1n) is 9.71. The van der Waals surface area contributed by atoms with E-state index in [-0.39, 0.29) is 28.7 Å². The summed E-state index contributed by atoms with van der Waals surface area (Å²) in [6, 6.07) is 0.124. The number of aromatic nitrogens is 2. The van der Waals surface area contributed by atoms with Gasteiger partial charge in [-0.2, -0.15) is 5.10 Å². The van der Waals surface area contributed by atoms with Crippen LogP contribution in [0.4, 0.5) is 4.79 Å². The molecule has 2 saturated heterocycles. The normalized spacial score (nSPS) is 27.8. The van der Waals surface area contributed by atoms with Crippen molar-refractivity contribution in [3.63, 3.8) is 0 Å². The zero-order valence-corrected chi connectivity index (χ0v) is 17.5. The second kappa shape index (κ2) is 6.52. The van der Waals surface area contributed by atoms with E-state index in [4.69, 9.17) is 9.31 Å². The molecular formula is C19H32BN3O4. The molecule has 3 heterocycles. The summed E-state index contributed by atoms with van der Waals surface area (Å²) in [5.74, 6) is 0. The van der Waals surface area contributed by atoms with E-state index in [1.165, 1.54) is 0 Å². The van der Waals surface area contributed by atoms with Crippen molar-refractivity contribution in [2.75, 3.05) is 6.54 Å². The van der Waals surface area contributed by atoms with Gasteiger partial charge in [0.05, 0.1) is 17.2 Å². The van der Waals surface area contributed by atoms with Crippen LogP contribution in [0.1, 0.15) is 67.3 Å². The van der Waals surface area contributed by atoms with Crippen molar-refractivity contribution in [3.8, 4) is 0 Å². The molecule has 27 heavy (non-hydrogen) atoms. The van der Waals surface area contributed by atoms with E-state index in [1.807, 2.05) is 38.6 Å². The van der Waals surface area contributed by atoms with Gasteiger partial charge in [-0.05, 0) is 46.0 Å². The molecule has 2 fully saturated rings. The lowest BCUT2D eigenvalue weighted by Gasteiger charge is -2.44. The average molecular weight is 377 g/mol. The van der Waals surface area contributed by atoms with E-state index in [0.717, 1.165) is 18.3 Å². The summed E-state index contributed by atoms with van der Waals surface area (Å²) in [5, 5.41) is 14.1. The molecule has 2 aliphatic rings. The first-order valence-corrected chi connectivity index (χ1v) is 9.71. The largest absolute Gasteiger partial charge is 0.498 e. The van der Waals surface area contributed by atoms with Crippen LogP contribution in [0.5, 0.6) is 0 Å². The molecule has 3 rings (SSSR count). The van der Waals surface area contributed by atoms with Crippen LogP contribution in [0.3, 0.4) is 0 Å². The number of nitrogens with zero attached hydrogens (tertiary/aromatic N) is 3. The van der Waals surface area contributed by atoms with E-state index < -0.39 is 13.2 Å². The average Bonchev–Trinajstić information content (AvgIpc) is 3.09. The van der Waals surface area contributed by atoms with E-state index in [0.29, 0.717) is 6.54 Å². The van der Waals surface area contributed by atoms with Gasteiger partial charge in [-0.15, -0.1) is 0 Å². The fourth-order valence-corrected chi connectivity index (χ4v) is 3.89. The molecule has 0 bridgehead atoms. The van der Waals surface area contributed by atoms with E-state index in [1.54, 1.807) is 11.1 Å². The number of carboxylic acid groups (broad SMARTS) is 1. The SMILES string of the molecule is CC(C)(C)C1CC(n2cc(B3OC(C)(C)C(C)(C)O3)cn2)CCN1C(=O)O. The maximum Gasteiger partial charge on any atom is 0.498 e. The predicted octanol–water partition coefficient (Wildman–Crippen LogP) is 2.91. The van der Waals surface area contributed by atoms with Gasteiger partial charge in [0, 0.05) is 30.4 Å². The monoisotopic (exact) mass is 377 g/mol.